The van der Waals surface area contributed by atoms with E-state index in [4.69, 9.17) is 9.47 Å². The monoisotopic (exact) mass is 261 g/mol. The number of carbonyl (C=O) groups excluding carboxylic acids is 2. The van der Waals surface area contributed by atoms with Gasteiger partial charge in [-0.2, -0.15) is 0 Å². The van der Waals surface area contributed by atoms with Crippen molar-refractivity contribution in [2.75, 3.05) is 19.8 Å². The number of esters is 1. The van der Waals surface area contributed by atoms with Gasteiger partial charge in [0.25, 0.3) is 0 Å². The first kappa shape index (κ1) is 13.1. The number of hydrogen-bond acceptors (Lipinski definition) is 4. The molecule has 0 N–H and O–H groups in total. The summed E-state index contributed by atoms with van der Waals surface area (Å²) >= 11 is 0. The third kappa shape index (κ3) is 3.13. The van der Waals surface area contributed by atoms with Crippen LogP contribution in [0.25, 0.3) is 6.08 Å². The lowest BCUT2D eigenvalue weighted by Crippen LogP contribution is -2.29. The van der Waals surface area contributed by atoms with Crippen LogP contribution in [0.5, 0.6) is 0 Å². The van der Waals surface area contributed by atoms with Gasteiger partial charge in [0.1, 0.15) is 12.3 Å². The van der Waals surface area contributed by atoms with E-state index in [1.165, 1.54) is 4.90 Å². The first-order valence-electron chi connectivity index (χ1n) is 6.10. The Morgan fingerprint density at radius 3 is 2.74 bits per heavy atom. The molecule has 1 aliphatic heterocycles. The Labute approximate surface area is 111 Å². The number of rotatable bonds is 4. The number of amides is 1. The van der Waals surface area contributed by atoms with Gasteiger partial charge >= 0.3 is 12.1 Å². The molecule has 5 heteroatoms. The molecular weight excluding hydrogens is 246 g/mol. The van der Waals surface area contributed by atoms with E-state index in [-0.39, 0.29) is 18.9 Å². The lowest BCUT2D eigenvalue weighted by Gasteiger charge is -2.15. The van der Waals surface area contributed by atoms with Crippen molar-refractivity contribution in [1.29, 1.82) is 0 Å². The van der Waals surface area contributed by atoms with Crippen LogP contribution in [0.15, 0.2) is 36.0 Å². The topological polar surface area (TPSA) is 55.8 Å². The second-order valence-corrected chi connectivity index (χ2v) is 3.93. The Kier molecular flexibility index (Phi) is 4.18. The Morgan fingerprint density at radius 1 is 1.42 bits per heavy atom. The van der Waals surface area contributed by atoms with Crippen molar-refractivity contribution in [2.45, 2.75) is 6.92 Å². The molecular formula is C14H15NO4. The quantitative estimate of drug-likeness (QED) is 0.615. The van der Waals surface area contributed by atoms with Crippen molar-refractivity contribution in [3.8, 4) is 0 Å². The number of nitrogens with zero attached hydrogens (tertiary/aromatic N) is 1. The Morgan fingerprint density at radius 2 is 2.16 bits per heavy atom. The molecule has 5 nitrogen and oxygen atoms in total. The summed E-state index contributed by atoms with van der Waals surface area (Å²) in [5.41, 5.74) is 1.03. The molecule has 1 saturated heterocycles. The van der Waals surface area contributed by atoms with Crippen LogP contribution in [-0.4, -0.2) is 36.7 Å². The van der Waals surface area contributed by atoms with Gasteiger partial charge in [0.15, 0.2) is 0 Å². The van der Waals surface area contributed by atoms with Crippen molar-refractivity contribution in [1.82, 2.24) is 4.90 Å². The zero-order chi connectivity index (χ0) is 13.7. The molecule has 2 rings (SSSR count). The van der Waals surface area contributed by atoms with Gasteiger partial charge in [0, 0.05) is 0 Å². The number of hydrogen-bond donors (Lipinski definition) is 0. The molecule has 0 atom stereocenters. The van der Waals surface area contributed by atoms with Crippen LogP contribution in [0, 0.1) is 0 Å². The third-order valence-corrected chi connectivity index (χ3v) is 2.64. The van der Waals surface area contributed by atoms with Crippen LogP contribution in [0.2, 0.25) is 0 Å². The number of cyclic esters (lactones) is 1. The fraction of sp³-hybridized carbons (Fsp3) is 0.286. The van der Waals surface area contributed by atoms with Crippen LogP contribution < -0.4 is 0 Å². The van der Waals surface area contributed by atoms with Gasteiger partial charge in [-0.25, -0.2) is 9.59 Å². The first-order valence-corrected chi connectivity index (χ1v) is 6.10. The number of benzene rings is 1. The smallest absolute Gasteiger partial charge is 0.414 e. The predicted octanol–water partition coefficient (Wildman–Crippen LogP) is 2.04. The van der Waals surface area contributed by atoms with E-state index in [1.54, 1.807) is 13.0 Å². The second kappa shape index (κ2) is 6.04. The summed E-state index contributed by atoms with van der Waals surface area (Å²) in [5, 5.41) is 0. The van der Waals surface area contributed by atoms with Crippen LogP contribution in [0.4, 0.5) is 4.79 Å². The van der Waals surface area contributed by atoms with Crippen LogP contribution in [0.1, 0.15) is 12.5 Å². The number of carbonyl (C=O) groups is 2. The normalized spacial score (nSPS) is 15.3. The van der Waals surface area contributed by atoms with Gasteiger partial charge in [0.05, 0.1) is 13.2 Å². The fourth-order valence-corrected chi connectivity index (χ4v) is 1.77. The van der Waals surface area contributed by atoms with E-state index >= 15 is 0 Å². The van der Waals surface area contributed by atoms with Crippen LogP contribution in [0.3, 0.4) is 0 Å². The van der Waals surface area contributed by atoms with E-state index in [1.807, 2.05) is 30.3 Å². The molecule has 0 saturated carbocycles. The summed E-state index contributed by atoms with van der Waals surface area (Å²) in [5.74, 6) is -0.523. The maximum atomic E-state index is 11.9. The average molecular weight is 261 g/mol. The van der Waals surface area contributed by atoms with E-state index in [0.29, 0.717) is 6.54 Å². The highest BCUT2D eigenvalue weighted by Crippen LogP contribution is 2.17. The Bertz CT molecular complexity index is 495. The maximum absolute atomic E-state index is 11.9. The molecule has 1 aliphatic rings. The van der Waals surface area contributed by atoms with E-state index < -0.39 is 12.1 Å². The van der Waals surface area contributed by atoms with E-state index in [9.17, 15) is 9.59 Å². The largest absolute Gasteiger partial charge is 0.461 e. The molecule has 1 fully saturated rings. The van der Waals surface area contributed by atoms with Gasteiger partial charge in [-0.3, -0.25) is 4.90 Å². The van der Waals surface area contributed by atoms with Gasteiger partial charge < -0.3 is 9.47 Å². The van der Waals surface area contributed by atoms with Crippen molar-refractivity contribution >= 4 is 18.1 Å². The molecule has 19 heavy (non-hydrogen) atoms. The highest BCUT2D eigenvalue weighted by Gasteiger charge is 2.30. The van der Waals surface area contributed by atoms with E-state index in [0.717, 1.165) is 5.56 Å². The molecule has 1 heterocycles. The molecule has 0 bridgehead atoms. The fourth-order valence-electron chi connectivity index (χ4n) is 1.77. The first-order chi connectivity index (χ1) is 9.22. The molecule has 0 spiro atoms. The Balaban J connectivity index is 2.31. The maximum Gasteiger partial charge on any atom is 0.414 e. The summed E-state index contributed by atoms with van der Waals surface area (Å²) < 4.78 is 9.83. The molecule has 0 aromatic heterocycles. The second-order valence-electron chi connectivity index (χ2n) is 3.93. The highest BCUT2D eigenvalue weighted by atomic mass is 16.6. The highest BCUT2D eigenvalue weighted by molar-refractivity contribution is 5.97. The molecule has 0 unspecified atom stereocenters. The Hall–Kier alpha value is -2.30. The molecule has 0 radical (unpaired) electrons. The predicted molar refractivity (Wildman–Crippen MR) is 69.1 cm³/mol. The zero-order valence-electron chi connectivity index (χ0n) is 10.7. The van der Waals surface area contributed by atoms with Crippen molar-refractivity contribution in [2.24, 2.45) is 0 Å². The average Bonchev–Trinajstić information content (AvgIpc) is 2.83. The summed E-state index contributed by atoms with van der Waals surface area (Å²) in [6, 6.07) is 9.29. The van der Waals surface area contributed by atoms with Crippen molar-refractivity contribution < 1.29 is 19.1 Å². The summed E-state index contributed by atoms with van der Waals surface area (Å²) in [7, 11) is 0. The SMILES string of the molecule is CCOC(=O)/C(=C/c1ccccc1)N1CCOC1=O. The molecule has 0 aliphatic carbocycles. The minimum Gasteiger partial charge on any atom is -0.461 e. The minimum absolute atomic E-state index is 0.204. The molecule has 1 amide bonds. The van der Waals surface area contributed by atoms with Gasteiger partial charge in [-0.15, -0.1) is 0 Å². The lowest BCUT2D eigenvalue weighted by atomic mass is 10.2. The standard InChI is InChI=1S/C14H15NO4/c1-2-18-13(16)12(15-8-9-19-14(15)17)10-11-6-4-3-5-7-11/h3-7,10H,2,8-9H2,1H3/b12-10-. The van der Waals surface area contributed by atoms with Gasteiger partial charge in [-0.1, -0.05) is 30.3 Å². The van der Waals surface area contributed by atoms with Gasteiger partial charge in [0.2, 0.25) is 0 Å². The van der Waals surface area contributed by atoms with Crippen molar-refractivity contribution in [3.63, 3.8) is 0 Å². The van der Waals surface area contributed by atoms with Gasteiger partial charge in [-0.05, 0) is 18.6 Å². The molecule has 1 aromatic rings. The van der Waals surface area contributed by atoms with Crippen molar-refractivity contribution in [3.05, 3.63) is 41.6 Å². The summed E-state index contributed by atoms with van der Waals surface area (Å²) in [4.78, 5) is 24.8. The summed E-state index contributed by atoms with van der Waals surface area (Å²) in [6.45, 7) is 2.62. The molecule has 1 aromatic carbocycles. The van der Waals surface area contributed by atoms with Crippen LogP contribution >= 0.6 is 0 Å². The lowest BCUT2D eigenvalue weighted by molar-refractivity contribution is -0.139. The minimum atomic E-state index is -0.523. The third-order valence-electron chi connectivity index (χ3n) is 2.64. The number of ether oxygens (including phenoxy) is 2. The van der Waals surface area contributed by atoms with E-state index in [2.05, 4.69) is 0 Å². The van der Waals surface area contributed by atoms with Crippen LogP contribution in [-0.2, 0) is 14.3 Å². The summed E-state index contributed by atoms with van der Waals surface area (Å²) in [6.07, 6.45) is 1.11. The zero-order valence-corrected chi connectivity index (χ0v) is 10.7. The molecule has 100 valence electrons.